The summed E-state index contributed by atoms with van der Waals surface area (Å²) in [5.41, 5.74) is 5.58. The van der Waals surface area contributed by atoms with E-state index >= 15 is 0 Å². The Morgan fingerprint density at radius 2 is 2.14 bits per heavy atom. The van der Waals surface area contributed by atoms with Crippen LogP contribution in [0.25, 0.3) is 10.9 Å². The molecule has 3 N–H and O–H groups in total. The third-order valence-electron chi connectivity index (χ3n) is 3.55. The highest BCUT2D eigenvalue weighted by Gasteiger charge is 2.22. The van der Waals surface area contributed by atoms with Crippen molar-refractivity contribution in [3.63, 3.8) is 0 Å². The van der Waals surface area contributed by atoms with Crippen molar-refractivity contribution < 1.29 is 0 Å². The molecule has 0 saturated heterocycles. The first kappa shape index (κ1) is 14.0. The smallest absolute Gasteiger partial charge is 0.0914 e. The Hall–Kier alpha value is -1.95. The lowest BCUT2D eigenvalue weighted by Gasteiger charge is -2.19. The van der Waals surface area contributed by atoms with Gasteiger partial charge in [0.2, 0.25) is 0 Å². The number of nitrogens with one attached hydrogen (secondary N) is 1. The zero-order valence-electron chi connectivity index (χ0n) is 11.6. The summed E-state index contributed by atoms with van der Waals surface area (Å²) in [5.74, 6) is 5.80. The van der Waals surface area contributed by atoms with Gasteiger partial charge in [-0.15, -0.1) is 0 Å². The Morgan fingerprint density at radius 3 is 2.90 bits per heavy atom. The topological polar surface area (TPSA) is 68.8 Å². The normalized spacial score (nSPS) is 12.7. The number of pyridine rings is 1. The van der Waals surface area contributed by atoms with Gasteiger partial charge >= 0.3 is 0 Å². The minimum absolute atomic E-state index is 0.265. The third-order valence-corrected chi connectivity index (χ3v) is 3.84. The maximum Gasteiger partial charge on any atom is 0.0914 e. The summed E-state index contributed by atoms with van der Waals surface area (Å²) in [6, 6.07) is 9.70. The van der Waals surface area contributed by atoms with Gasteiger partial charge in [0, 0.05) is 23.7 Å². The SMILES string of the molecule is CCn1ncc(Cl)c1C(NN)c1cccc2cccnc12. The predicted molar refractivity (Wildman–Crippen MR) is 83.8 cm³/mol. The van der Waals surface area contributed by atoms with Crippen LogP contribution in [0.1, 0.15) is 24.2 Å². The Kier molecular flexibility index (Phi) is 3.88. The number of nitrogens with two attached hydrogens (primary N) is 1. The van der Waals surface area contributed by atoms with E-state index in [0.29, 0.717) is 5.02 Å². The van der Waals surface area contributed by atoms with Crippen LogP contribution < -0.4 is 11.3 Å². The number of fused-ring (bicyclic) bond motifs is 1. The minimum Gasteiger partial charge on any atom is -0.271 e. The van der Waals surface area contributed by atoms with E-state index in [-0.39, 0.29) is 6.04 Å². The Balaban J connectivity index is 2.21. The maximum atomic E-state index is 6.30. The molecule has 0 aliphatic heterocycles. The van der Waals surface area contributed by atoms with E-state index in [4.69, 9.17) is 17.4 Å². The number of hydrogen-bond acceptors (Lipinski definition) is 4. The molecule has 3 rings (SSSR count). The van der Waals surface area contributed by atoms with E-state index in [1.165, 1.54) is 0 Å². The van der Waals surface area contributed by atoms with Gasteiger partial charge in [0.05, 0.1) is 28.5 Å². The van der Waals surface area contributed by atoms with Crippen LogP contribution in [-0.2, 0) is 6.54 Å². The highest BCUT2D eigenvalue weighted by atomic mass is 35.5. The number of halogens is 1. The molecule has 5 nitrogen and oxygen atoms in total. The lowest BCUT2D eigenvalue weighted by Crippen LogP contribution is -2.31. The summed E-state index contributed by atoms with van der Waals surface area (Å²) in [7, 11) is 0. The largest absolute Gasteiger partial charge is 0.271 e. The standard InChI is InChI=1S/C15H16ClN5/c1-2-21-15(12(16)9-19-21)14(20-17)11-7-3-5-10-6-4-8-18-13(10)11/h3-9,14,20H,2,17H2,1H3. The van der Waals surface area contributed by atoms with Crippen molar-refractivity contribution in [3.8, 4) is 0 Å². The summed E-state index contributed by atoms with van der Waals surface area (Å²) in [6.07, 6.45) is 3.42. The number of nitrogens with zero attached hydrogens (tertiary/aromatic N) is 3. The van der Waals surface area contributed by atoms with E-state index in [9.17, 15) is 0 Å². The van der Waals surface area contributed by atoms with Gasteiger partial charge in [-0.1, -0.05) is 35.9 Å². The molecule has 21 heavy (non-hydrogen) atoms. The fourth-order valence-corrected chi connectivity index (χ4v) is 2.84. The Morgan fingerprint density at radius 1 is 1.33 bits per heavy atom. The molecule has 0 fully saturated rings. The zero-order valence-corrected chi connectivity index (χ0v) is 12.4. The van der Waals surface area contributed by atoms with Crippen LogP contribution in [0.2, 0.25) is 5.02 Å². The first-order valence-electron chi connectivity index (χ1n) is 6.77. The molecule has 0 aliphatic rings. The number of hydrogen-bond donors (Lipinski definition) is 2. The highest BCUT2D eigenvalue weighted by Crippen LogP contribution is 2.31. The van der Waals surface area contributed by atoms with Crippen LogP contribution in [0.4, 0.5) is 0 Å². The second-order valence-corrected chi connectivity index (χ2v) is 5.12. The summed E-state index contributed by atoms with van der Waals surface area (Å²) < 4.78 is 1.84. The van der Waals surface area contributed by atoms with Crippen molar-refractivity contribution in [2.24, 2.45) is 5.84 Å². The molecule has 0 bridgehead atoms. The fraction of sp³-hybridized carbons (Fsp3) is 0.200. The summed E-state index contributed by atoms with van der Waals surface area (Å²) in [6.45, 7) is 2.74. The van der Waals surface area contributed by atoms with Crippen molar-refractivity contribution >= 4 is 22.5 Å². The maximum absolute atomic E-state index is 6.30. The van der Waals surface area contributed by atoms with Gasteiger partial charge in [0.1, 0.15) is 0 Å². The van der Waals surface area contributed by atoms with Crippen LogP contribution in [0.3, 0.4) is 0 Å². The molecule has 3 aromatic rings. The second kappa shape index (κ2) is 5.81. The number of hydrazine groups is 1. The lowest BCUT2D eigenvalue weighted by atomic mass is 10.0. The molecule has 108 valence electrons. The number of benzene rings is 1. The van der Waals surface area contributed by atoms with Crippen molar-refractivity contribution in [1.82, 2.24) is 20.2 Å². The number of aromatic nitrogens is 3. The van der Waals surface area contributed by atoms with Gasteiger partial charge in [-0.25, -0.2) is 5.43 Å². The van der Waals surface area contributed by atoms with E-state index < -0.39 is 0 Å². The molecular formula is C15H16ClN5. The molecule has 0 aliphatic carbocycles. The van der Waals surface area contributed by atoms with Gasteiger partial charge in [0.25, 0.3) is 0 Å². The van der Waals surface area contributed by atoms with Gasteiger partial charge < -0.3 is 0 Å². The van der Waals surface area contributed by atoms with E-state index in [2.05, 4.69) is 15.5 Å². The molecule has 0 spiro atoms. The summed E-state index contributed by atoms with van der Waals surface area (Å²) in [5, 5.41) is 5.93. The molecule has 1 atom stereocenters. The quantitative estimate of drug-likeness (QED) is 0.574. The van der Waals surface area contributed by atoms with Crippen LogP contribution in [0.15, 0.2) is 42.7 Å². The first-order valence-corrected chi connectivity index (χ1v) is 7.15. The molecule has 0 amide bonds. The van der Waals surface area contributed by atoms with Crippen LogP contribution in [0.5, 0.6) is 0 Å². The van der Waals surface area contributed by atoms with Gasteiger partial charge in [-0.05, 0) is 13.0 Å². The third kappa shape index (κ3) is 2.40. The summed E-state index contributed by atoms with van der Waals surface area (Å²) >= 11 is 6.30. The van der Waals surface area contributed by atoms with Crippen molar-refractivity contribution in [3.05, 3.63) is 59.0 Å². The molecule has 1 unspecified atom stereocenters. The summed E-state index contributed by atoms with van der Waals surface area (Å²) in [4.78, 5) is 4.48. The Labute approximate surface area is 127 Å². The van der Waals surface area contributed by atoms with Crippen molar-refractivity contribution in [1.29, 1.82) is 0 Å². The number of aryl methyl sites for hydroxylation is 1. The Bertz CT molecular complexity index is 762. The monoisotopic (exact) mass is 301 g/mol. The molecule has 0 radical (unpaired) electrons. The number of para-hydroxylation sites is 1. The van der Waals surface area contributed by atoms with Gasteiger partial charge in [-0.3, -0.25) is 15.5 Å². The number of rotatable bonds is 4. The second-order valence-electron chi connectivity index (χ2n) is 4.72. The first-order chi connectivity index (χ1) is 10.3. The van der Waals surface area contributed by atoms with Crippen LogP contribution >= 0.6 is 11.6 Å². The van der Waals surface area contributed by atoms with Gasteiger partial charge in [-0.2, -0.15) is 5.10 Å². The lowest BCUT2D eigenvalue weighted by molar-refractivity contribution is 0.545. The molecule has 2 heterocycles. The van der Waals surface area contributed by atoms with E-state index in [1.54, 1.807) is 12.4 Å². The average Bonchev–Trinajstić information content (AvgIpc) is 2.90. The molecule has 6 heteroatoms. The van der Waals surface area contributed by atoms with Crippen molar-refractivity contribution in [2.45, 2.75) is 19.5 Å². The average molecular weight is 302 g/mol. The molecular weight excluding hydrogens is 286 g/mol. The highest BCUT2D eigenvalue weighted by molar-refractivity contribution is 6.31. The van der Waals surface area contributed by atoms with Crippen LogP contribution in [-0.4, -0.2) is 14.8 Å². The predicted octanol–water partition coefficient (Wildman–Crippen LogP) is 2.66. The molecule has 0 saturated carbocycles. The zero-order chi connectivity index (χ0) is 14.8. The van der Waals surface area contributed by atoms with E-state index in [1.807, 2.05) is 41.9 Å². The molecule has 2 aromatic heterocycles. The molecule has 1 aromatic carbocycles. The minimum atomic E-state index is -0.265. The van der Waals surface area contributed by atoms with Crippen LogP contribution in [0, 0.1) is 0 Å². The van der Waals surface area contributed by atoms with E-state index in [0.717, 1.165) is 28.7 Å². The fourth-order valence-electron chi connectivity index (χ4n) is 2.59. The van der Waals surface area contributed by atoms with Crippen molar-refractivity contribution in [2.75, 3.05) is 0 Å². The van der Waals surface area contributed by atoms with Gasteiger partial charge in [0.15, 0.2) is 0 Å².